The largest absolute Gasteiger partial charge is 0.493 e. The van der Waals surface area contributed by atoms with Crippen LogP contribution in [0.15, 0.2) is 64.0 Å². The molecule has 38 heavy (non-hydrogen) atoms. The number of imide groups is 1. The molecule has 0 aromatic heterocycles. The van der Waals surface area contributed by atoms with E-state index < -0.39 is 23.6 Å². The van der Waals surface area contributed by atoms with Crippen molar-refractivity contribution in [2.24, 2.45) is 0 Å². The number of halogens is 4. The molecule has 3 amide bonds. The van der Waals surface area contributed by atoms with E-state index in [0.717, 1.165) is 22.2 Å². The van der Waals surface area contributed by atoms with Crippen molar-refractivity contribution in [3.8, 4) is 11.5 Å². The Kier molecular flexibility index (Phi) is 9.27. The Hall–Kier alpha value is -2.69. The molecule has 0 spiro atoms. The molecule has 0 bridgehead atoms. The summed E-state index contributed by atoms with van der Waals surface area (Å²) in [6, 6.07) is 15.2. The summed E-state index contributed by atoms with van der Waals surface area (Å²) in [4.78, 5) is 38.9. The topological polar surface area (TPSA) is 84.9 Å². The second-order valence-corrected chi connectivity index (χ2v) is 11.0. The maximum atomic E-state index is 12.9. The predicted molar refractivity (Wildman–Crippen MR) is 154 cm³/mol. The minimum Gasteiger partial charge on any atom is -0.493 e. The molecule has 1 saturated heterocycles. The Morgan fingerprint density at radius 1 is 1.08 bits per heavy atom. The van der Waals surface area contributed by atoms with Crippen molar-refractivity contribution in [1.82, 2.24) is 4.90 Å². The highest BCUT2D eigenvalue weighted by Gasteiger charge is 2.36. The number of para-hydroxylation sites is 1. The van der Waals surface area contributed by atoms with Gasteiger partial charge < -0.3 is 14.8 Å². The maximum absolute atomic E-state index is 12.9. The zero-order chi connectivity index (χ0) is 27.4. The fraction of sp³-hybridized carbons (Fsp3) is 0.115. The van der Waals surface area contributed by atoms with Gasteiger partial charge in [-0.2, -0.15) is 0 Å². The van der Waals surface area contributed by atoms with Gasteiger partial charge in [0.2, 0.25) is 5.91 Å². The van der Waals surface area contributed by atoms with Crippen molar-refractivity contribution in [1.29, 1.82) is 0 Å². The number of methoxy groups -OCH3 is 1. The van der Waals surface area contributed by atoms with Crippen LogP contribution in [0.4, 0.5) is 10.5 Å². The van der Waals surface area contributed by atoms with Crippen LogP contribution in [0.5, 0.6) is 11.5 Å². The highest BCUT2D eigenvalue weighted by molar-refractivity contribution is 9.10. The van der Waals surface area contributed by atoms with Crippen LogP contribution in [-0.2, 0) is 16.2 Å². The molecule has 0 atom stereocenters. The second kappa shape index (κ2) is 12.4. The van der Waals surface area contributed by atoms with E-state index in [1.165, 1.54) is 7.11 Å². The summed E-state index contributed by atoms with van der Waals surface area (Å²) >= 11 is 22.5. The quantitative estimate of drug-likeness (QED) is 0.251. The molecule has 0 unspecified atom stereocenters. The number of hydrogen-bond donors (Lipinski definition) is 1. The van der Waals surface area contributed by atoms with Gasteiger partial charge in [0, 0.05) is 15.6 Å². The third-order valence-corrected chi connectivity index (χ3v) is 7.67. The van der Waals surface area contributed by atoms with Gasteiger partial charge in [-0.05, 0) is 75.7 Å². The molecule has 0 saturated carbocycles. The van der Waals surface area contributed by atoms with Gasteiger partial charge in [-0.15, -0.1) is 0 Å². The first kappa shape index (κ1) is 28.3. The van der Waals surface area contributed by atoms with Crippen LogP contribution in [-0.4, -0.2) is 35.6 Å². The van der Waals surface area contributed by atoms with Gasteiger partial charge in [0.15, 0.2) is 11.5 Å². The first-order valence-corrected chi connectivity index (χ1v) is 13.6. The number of nitrogens with zero attached hydrogens (tertiary/aromatic N) is 1. The lowest BCUT2D eigenvalue weighted by molar-refractivity contribution is -0.127. The van der Waals surface area contributed by atoms with Crippen LogP contribution in [0.2, 0.25) is 15.1 Å². The van der Waals surface area contributed by atoms with Gasteiger partial charge in [-0.25, -0.2) is 0 Å². The molecular formula is C26H18BrCl3N2O5S. The van der Waals surface area contributed by atoms with Crippen molar-refractivity contribution in [2.45, 2.75) is 6.61 Å². The monoisotopic (exact) mass is 654 g/mol. The van der Waals surface area contributed by atoms with E-state index in [1.54, 1.807) is 60.7 Å². The first-order valence-electron chi connectivity index (χ1n) is 10.9. The number of ether oxygens (including phenoxy) is 2. The minimum absolute atomic E-state index is 0.163. The second-order valence-electron chi connectivity index (χ2n) is 7.85. The molecule has 3 aromatic rings. The third-order valence-electron chi connectivity index (χ3n) is 5.26. The fourth-order valence-corrected chi connectivity index (χ4v) is 5.49. The molecule has 4 rings (SSSR count). The number of carbonyl (C=O) groups is 3. The fourth-order valence-electron chi connectivity index (χ4n) is 3.44. The van der Waals surface area contributed by atoms with Gasteiger partial charge in [-0.1, -0.05) is 53.0 Å². The number of anilines is 1. The van der Waals surface area contributed by atoms with Crippen LogP contribution in [0.1, 0.15) is 11.1 Å². The lowest BCUT2D eigenvalue weighted by Crippen LogP contribution is -2.36. The van der Waals surface area contributed by atoms with Crippen LogP contribution in [0, 0.1) is 0 Å². The highest BCUT2D eigenvalue weighted by atomic mass is 79.9. The molecule has 1 fully saturated rings. The Labute approximate surface area is 246 Å². The van der Waals surface area contributed by atoms with Gasteiger partial charge in [-0.3, -0.25) is 19.3 Å². The van der Waals surface area contributed by atoms with E-state index in [9.17, 15) is 14.4 Å². The smallest absolute Gasteiger partial charge is 0.294 e. The van der Waals surface area contributed by atoms with Crippen LogP contribution < -0.4 is 14.8 Å². The van der Waals surface area contributed by atoms with Crippen molar-refractivity contribution in [3.63, 3.8) is 0 Å². The molecule has 0 aliphatic carbocycles. The lowest BCUT2D eigenvalue weighted by atomic mass is 10.1. The van der Waals surface area contributed by atoms with Crippen molar-refractivity contribution < 1.29 is 23.9 Å². The number of thioether (sulfide) groups is 1. The summed E-state index contributed by atoms with van der Waals surface area (Å²) in [5.41, 5.74) is 1.71. The van der Waals surface area contributed by atoms with Crippen LogP contribution in [0.25, 0.3) is 6.08 Å². The Morgan fingerprint density at radius 3 is 2.55 bits per heavy atom. The molecule has 1 aliphatic rings. The molecule has 1 aliphatic heterocycles. The summed E-state index contributed by atoms with van der Waals surface area (Å²) in [6.45, 7) is -0.278. The number of hydrogen-bond acceptors (Lipinski definition) is 6. The van der Waals surface area contributed by atoms with E-state index in [2.05, 4.69) is 21.2 Å². The average Bonchev–Trinajstić information content (AvgIpc) is 3.12. The van der Waals surface area contributed by atoms with Gasteiger partial charge in [0.25, 0.3) is 11.1 Å². The van der Waals surface area contributed by atoms with Gasteiger partial charge >= 0.3 is 0 Å². The number of carbonyl (C=O) groups excluding carboxylic acids is 3. The maximum Gasteiger partial charge on any atom is 0.294 e. The lowest BCUT2D eigenvalue weighted by Gasteiger charge is -2.14. The minimum atomic E-state index is -0.581. The van der Waals surface area contributed by atoms with E-state index in [0.29, 0.717) is 42.3 Å². The summed E-state index contributed by atoms with van der Waals surface area (Å²) < 4.78 is 12.0. The number of benzene rings is 3. The zero-order valence-corrected chi connectivity index (χ0v) is 24.3. The number of amides is 3. The van der Waals surface area contributed by atoms with E-state index in [1.807, 2.05) is 0 Å². The number of rotatable bonds is 8. The van der Waals surface area contributed by atoms with Crippen LogP contribution in [0.3, 0.4) is 0 Å². The Balaban J connectivity index is 1.48. The van der Waals surface area contributed by atoms with Crippen molar-refractivity contribution in [3.05, 3.63) is 90.2 Å². The normalized spacial score (nSPS) is 14.2. The Morgan fingerprint density at radius 2 is 1.84 bits per heavy atom. The first-order chi connectivity index (χ1) is 18.2. The average molecular weight is 657 g/mol. The summed E-state index contributed by atoms with van der Waals surface area (Å²) in [5, 5.41) is 3.39. The predicted octanol–water partition coefficient (Wildman–Crippen LogP) is 7.67. The molecule has 3 aromatic carbocycles. The molecule has 12 heteroatoms. The van der Waals surface area contributed by atoms with E-state index in [-0.39, 0.29) is 11.5 Å². The zero-order valence-electron chi connectivity index (χ0n) is 19.6. The molecule has 0 radical (unpaired) electrons. The van der Waals surface area contributed by atoms with Gasteiger partial charge in [0.1, 0.15) is 13.2 Å². The SMILES string of the molecule is COc1cc(/C=C2/SC(=O)N(CC(=O)Nc3ccccc3Cl)C2=O)cc(Br)c1OCc1ccc(Cl)cc1Cl. The summed E-state index contributed by atoms with van der Waals surface area (Å²) in [6.07, 6.45) is 1.55. The summed E-state index contributed by atoms with van der Waals surface area (Å²) in [7, 11) is 1.49. The standard InChI is InChI=1S/C26H18BrCl3N2O5S/c1-36-21-9-14(8-17(27)24(21)37-13-15-6-7-16(28)11-19(15)30)10-22-25(34)32(26(35)38-22)12-23(33)31-20-5-3-2-4-18(20)29/h2-11H,12-13H2,1H3,(H,31,33)/b22-10+. The van der Waals surface area contributed by atoms with Crippen molar-refractivity contribution >= 4 is 91.3 Å². The highest BCUT2D eigenvalue weighted by Crippen LogP contribution is 2.40. The molecular weight excluding hydrogens is 639 g/mol. The van der Waals surface area contributed by atoms with Crippen LogP contribution >= 0.6 is 62.5 Å². The van der Waals surface area contributed by atoms with Gasteiger partial charge in [0.05, 0.1) is 27.2 Å². The third kappa shape index (κ3) is 6.65. The molecule has 1 N–H and O–H groups in total. The van der Waals surface area contributed by atoms with E-state index in [4.69, 9.17) is 44.3 Å². The van der Waals surface area contributed by atoms with E-state index >= 15 is 0 Å². The number of nitrogens with one attached hydrogen (secondary N) is 1. The molecule has 196 valence electrons. The Bertz CT molecular complexity index is 1470. The summed E-state index contributed by atoms with van der Waals surface area (Å²) in [5.74, 6) is -0.301. The molecule has 1 heterocycles. The molecule has 7 nitrogen and oxygen atoms in total. The van der Waals surface area contributed by atoms with Crippen molar-refractivity contribution in [2.75, 3.05) is 19.0 Å².